The SMILES string of the molecule is CC1CCCC(C)N1Cc1cccc(N)c1F. The van der Waals surface area contributed by atoms with Crippen LogP contribution in [-0.2, 0) is 6.54 Å². The first-order chi connectivity index (χ1) is 8.09. The minimum absolute atomic E-state index is 0.250. The van der Waals surface area contributed by atoms with Crippen LogP contribution in [0.2, 0.25) is 0 Å². The number of benzene rings is 1. The molecule has 1 saturated heterocycles. The van der Waals surface area contributed by atoms with Crippen LogP contribution in [0.15, 0.2) is 18.2 Å². The molecule has 0 amide bonds. The average Bonchev–Trinajstić information content (AvgIpc) is 2.29. The first-order valence-electron chi connectivity index (χ1n) is 6.38. The number of hydrogen-bond donors (Lipinski definition) is 1. The Labute approximate surface area is 103 Å². The molecule has 2 nitrogen and oxygen atoms in total. The lowest BCUT2D eigenvalue weighted by Gasteiger charge is -2.39. The van der Waals surface area contributed by atoms with Gasteiger partial charge in [-0.25, -0.2) is 4.39 Å². The Bertz CT molecular complexity index is 382. The van der Waals surface area contributed by atoms with Gasteiger partial charge in [-0.05, 0) is 32.8 Å². The number of nitrogen functional groups attached to an aromatic ring is 1. The zero-order chi connectivity index (χ0) is 12.4. The summed E-state index contributed by atoms with van der Waals surface area (Å²) in [4.78, 5) is 2.38. The molecule has 2 unspecified atom stereocenters. The van der Waals surface area contributed by atoms with Gasteiger partial charge in [0.1, 0.15) is 0 Å². The number of halogens is 1. The van der Waals surface area contributed by atoms with E-state index in [-0.39, 0.29) is 11.5 Å². The fraction of sp³-hybridized carbons (Fsp3) is 0.571. The smallest absolute Gasteiger partial charge is 0.150 e. The minimum atomic E-state index is -0.252. The lowest BCUT2D eigenvalue weighted by Crippen LogP contribution is -2.43. The number of nitrogens with two attached hydrogens (primary N) is 1. The van der Waals surface area contributed by atoms with Crippen LogP contribution < -0.4 is 5.73 Å². The maximum Gasteiger partial charge on any atom is 0.150 e. The van der Waals surface area contributed by atoms with Crippen molar-refractivity contribution in [2.75, 3.05) is 5.73 Å². The number of piperidine rings is 1. The van der Waals surface area contributed by atoms with Crippen molar-refractivity contribution in [3.8, 4) is 0 Å². The van der Waals surface area contributed by atoms with Crippen LogP contribution in [0.25, 0.3) is 0 Å². The van der Waals surface area contributed by atoms with Gasteiger partial charge in [-0.3, -0.25) is 4.90 Å². The third-order valence-corrected chi connectivity index (χ3v) is 3.84. The molecule has 1 heterocycles. The second-order valence-electron chi connectivity index (χ2n) is 5.12. The highest BCUT2D eigenvalue weighted by molar-refractivity contribution is 5.42. The van der Waals surface area contributed by atoms with Crippen LogP contribution in [-0.4, -0.2) is 17.0 Å². The lowest BCUT2D eigenvalue weighted by molar-refractivity contribution is 0.0940. The third kappa shape index (κ3) is 2.60. The van der Waals surface area contributed by atoms with Gasteiger partial charge in [0.25, 0.3) is 0 Å². The number of rotatable bonds is 2. The summed E-state index contributed by atoms with van der Waals surface area (Å²) >= 11 is 0. The molecule has 0 bridgehead atoms. The lowest BCUT2D eigenvalue weighted by atomic mass is 9.96. The topological polar surface area (TPSA) is 29.3 Å². The fourth-order valence-corrected chi connectivity index (χ4v) is 2.70. The maximum absolute atomic E-state index is 13.9. The summed E-state index contributed by atoms with van der Waals surface area (Å²) in [7, 11) is 0. The molecule has 0 aliphatic carbocycles. The van der Waals surface area contributed by atoms with Crippen molar-refractivity contribution < 1.29 is 4.39 Å². The van der Waals surface area contributed by atoms with Gasteiger partial charge in [-0.2, -0.15) is 0 Å². The second-order valence-corrected chi connectivity index (χ2v) is 5.12. The minimum Gasteiger partial charge on any atom is -0.396 e. The quantitative estimate of drug-likeness (QED) is 0.799. The van der Waals surface area contributed by atoms with Crippen LogP contribution in [0.5, 0.6) is 0 Å². The van der Waals surface area contributed by atoms with Crippen LogP contribution in [0.1, 0.15) is 38.7 Å². The molecule has 94 valence electrons. The molecule has 2 N–H and O–H groups in total. The van der Waals surface area contributed by atoms with Crippen molar-refractivity contribution in [2.45, 2.75) is 51.7 Å². The molecule has 0 spiro atoms. The zero-order valence-electron chi connectivity index (χ0n) is 10.6. The van der Waals surface area contributed by atoms with E-state index in [4.69, 9.17) is 5.73 Å². The Morgan fingerprint density at radius 2 is 1.94 bits per heavy atom. The van der Waals surface area contributed by atoms with Gasteiger partial charge >= 0.3 is 0 Å². The summed E-state index contributed by atoms with van der Waals surface area (Å²) in [5.41, 5.74) is 6.56. The molecule has 1 aliphatic heterocycles. The predicted octanol–water partition coefficient (Wildman–Crippen LogP) is 3.17. The summed E-state index contributed by atoms with van der Waals surface area (Å²) in [5, 5.41) is 0. The molecular formula is C14H21FN2. The average molecular weight is 236 g/mol. The van der Waals surface area contributed by atoms with Crippen molar-refractivity contribution in [2.24, 2.45) is 0 Å². The zero-order valence-corrected chi connectivity index (χ0v) is 10.6. The Kier molecular flexibility index (Phi) is 3.67. The molecule has 1 aliphatic rings. The standard InChI is InChI=1S/C14H21FN2/c1-10-5-3-6-11(2)17(10)9-12-7-4-8-13(16)14(12)15/h4,7-8,10-11H,3,5-6,9,16H2,1-2H3. The molecule has 2 atom stereocenters. The van der Waals surface area contributed by atoms with Crippen molar-refractivity contribution in [1.82, 2.24) is 4.90 Å². The van der Waals surface area contributed by atoms with E-state index in [0.29, 0.717) is 24.2 Å². The van der Waals surface area contributed by atoms with Gasteiger partial charge in [0, 0.05) is 24.2 Å². The van der Waals surface area contributed by atoms with Gasteiger partial charge in [0.15, 0.2) is 5.82 Å². The number of hydrogen-bond acceptors (Lipinski definition) is 2. The molecule has 0 radical (unpaired) electrons. The maximum atomic E-state index is 13.9. The highest BCUT2D eigenvalue weighted by atomic mass is 19.1. The molecule has 1 aromatic carbocycles. The molecular weight excluding hydrogens is 215 g/mol. The second kappa shape index (κ2) is 5.05. The van der Waals surface area contributed by atoms with E-state index >= 15 is 0 Å². The van der Waals surface area contributed by atoms with Crippen LogP contribution >= 0.6 is 0 Å². The van der Waals surface area contributed by atoms with E-state index in [1.54, 1.807) is 6.07 Å². The highest BCUT2D eigenvalue weighted by Gasteiger charge is 2.25. The molecule has 17 heavy (non-hydrogen) atoms. The number of likely N-dealkylation sites (tertiary alicyclic amines) is 1. The van der Waals surface area contributed by atoms with E-state index in [9.17, 15) is 4.39 Å². The van der Waals surface area contributed by atoms with E-state index < -0.39 is 0 Å². The normalized spacial score (nSPS) is 26.1. The Hall–Kier alpha value is -1.09. The summed E-state index contributed by atoms with van der Waals surface area (Å²) in [5.74, 6) is -0.252. The Morgan fingerprint density at radius 3 is 2.59 bits per heavy atom. The van der Waals surface area contributed by atoms with E-state index in [1.807, 2.05) is 12.1 Å². The van der Waals surface area contributed by atoms with Gasteiger partial charge in [0.2, 0.25) is 0 Å². The van der Waals surface area contributed by atoms with Gasteiger partial charge in [-0.15, -0.1) is 0 Å². The molecule has 1 fully saturated rings. The summed E-state index contributed by atoms with van der Waals surface area (Å²) in [6.45, 7) is 5.11. The van der Waals surface area contributed by atoms with Gasteiger partial charge < -0.3 is 5.73 Å². The monoisotopic (exact) mass is 236 g/mol. The first-order valence-corrected chi connectivity index (χ1v) is 6.38. The first kappa shape index (κ1) is 12.4. The van der Waals surface area contributed by atoms with Crippen LogP contribution in [0.3, 0.4) is 0 Å². The van der Waals surface area contributed by atoms with Crippen LogP contribution in [0.4, 0.5) is 10.1 Å². The van der Waals surface area contributed by atoms with E-state index in [2.05, 4.69) is 18.7 Å². The van der Waals surface area contributed by atoms with E-state index in [0.717, 1.165) is 0 Å². The summed E-state index contributed by atoms with van der Waals surface area (Å²) < 4.78 is 13.9. The highest BCUT2D eigenvalue weighted by Crippen LogP contribution is 2.26. The Morgan fingerprint density at radius 1 is 1.29 bits per heavy atom. The van der Waals surface area contributed by atoms with Crippen LogP contribution in [0, 0.1) is 5.82 Å². The largest absolute Gasteiger partial charge is 0.396 e. The molecule has 0 aromatic heterocycles. The number of nitrogens with zero attached hydrogens (tertiary/aromatic N) is 1. The number of anilines is 1. The van der Waals surface area contributed by atoms with Crippen molar-refractivity contribution in [1.29, 1.82) is 0 Å². The summed E-state index contributed by atoms with van der Waals surface area (Å²) in [6.07, 6.45) is 3.68. The fourth-order valence-electron chi connectivity index (χ4n) is 2.70. The Balaban J connectivity index is 2.16. The molecule has 0 saturated carbocycles. The van der Waals surface area contributed by atoms with Crippen molar-refractivity contribution in [3.05, 3.63) is 29.6 Å². The molecule has 3 heteroatoms. The van der Waals surface area contributed by atoms with E-state index in [1.165, 1.54) is 19.3 Å². The molecule has 2 rings (SSSR count). The van der Waals surface area contributed by atoms with Gasteiger partial charge in [-0.1, -0.05) is 18.6 Å². The predicted molar refractivity (Wildman–Crippen MR) is 69.1 cm³/mol. The van der Waals surface area contributed by atoms with Crippen molar-refractivity contribution >= 4 is 5.69 Å². The summed E-state index contributed by atoms with van der Waals surface area (Å²) in [6, 6.07) is 6.33. The molecule has 1 aromatic rings. The van der Waals surface area contributed by atoms with Gasteiger partial charge in [0.05, 0.1) is 5.69 Å². The third-order valence-electron chi connectivity index (χ3n) is 3.84. The van der Waals surface area contributed by atoms with Crippen molar-refractivity contribution in [3.63, 3.8) is 0 Å².